The van der Waals surface area contributed by atoms with E-state index in [4.69, 9.17) is 40.8 Å². The van der Waals surface area contributed by atoms with Crippen LogP contribution in [0.3, 0.4) is 0 Å². The van der Waals surface area contributed by atoms with Crippen molar-refractivity contribution in [1.29, 1.82) is 0 Å². The maximum Gasteiger partial charge on any atom is 0.291 e. The van der Waals surface area contributed by atoms with Gasteiger partial charge in [0, 0.05) is 6.15 Å². The molecule has 0 aromatic carbocycles. The van der Waals surface area contributed by atoms with E-state index >= 15 is 0 Å². The largest absolute Gasteiger partial charge is 0.379 e. The highest BCUT2D eigenvalue weighted by Crippen LogP contribution is 1.38. The van der Waals surface area contributed by atoms with Crippen LogP contribution >= 0.6 is 0 Å². The molecule has 71 valence electrons. The first-order valence-electron chi connectivity index (χ1n) is 1.51. The van der Waals surface area contributed by atoms with Gasteiger partial charge in [-0.25, -0.2) is 0 Å². The molecule has 0 spiro atoms. The molecule has 0 aliphatic heterocycles. The SMILES string of the molecule is O=NO.O=[N+]([O-])O.O=[N+]([O-])O.[N]. The minimum atomic E-state index is -1.50. The zero-order valence-corrected chi connectivity index (χ0v) is 5.17. The summed E-state index contributed by atoms with van der Waals surface area (Å²) in [6, 6.07) is 0. The van der Waals surface area contributed by atoms with Crippen LogP contribution in [0.2, 0.25) is 0 Å². The number of rotatable bonds is 0. The van der Waals surface area contributed by atoms with Crippen LogP contribution in [0.15, 0.2) is 5.34 Å². The first-order chi connectivity index (χ1) is 4.88. The zero-order chi connectivity index (χ0) is 9.86. The molecule has 0 saturated carbocycles. The van der Waals surface area contributed by atoms with Gasteiger partial charge in [-0.15, -0.1) is 25.1 Å². The Morgan fingerprint density at radius 3 is 1.08 bits per heavy atom. The smallest absolute Gasteiger partial charge is 0.291 e. The fraction of sp³-hybridized carbons (Fsp3) is 0. The lowest BCUT2D eigenvalue weighted by Crippen LogP contribution is -1.81. The fourth-order valence-electron chi connectivity index (χ4n) is 0. The minimum absolute atomic E-state index is 0. The number of hydrogen-bond acceptors (Lipinski definition) is 6. The van der Waals surface area contributed by atoms with Gasteiger partial charge < -0.3 is 15.6 Å². The van der Waals surface area contributed by atoms with E-state index in [1.165, 1.54) is 5.34 Å². The van der Waals surface area contributed by atoms with Crippen LogP contribution in [0.5, 0.6) is 0 Å². The van der Waals surface area contributed by atoms with Crippen molar-refractivity contribution in [2.75, 3.05) is 0 Å². The van der Waals surface area contributed by atoms with Gasteiger partial charge in [0.15, 0.2) is 5.34 Å². The third-order valence-electron chi connectivity index (χ3n) is 0. The van der Waals surface area contributed by atoms with Gasteiger partial charge in [0.05, 0.1) is 0 Å². The maximum atomic E-state index is 8.36. The molecule has 12 heavy (non-hydrogen) atoms. The Kier molecular flexibility index (Phi) is 43.8. The minimum Gasteiger partial charge on any atom is -0.379 e. The third-order valence-corrected chi connectivity index (χ3v) is 0. The summed E-state index contributed by atoms with van der Waals surface area (Å²) >= 11 is 0. The van der Waals surface area contributed by atoms with E-state index < -0.39 is 10.2 Å². The summed E-state index contributed by atoms with van der Waals surface area (Å²) in [7, 11) is 0. The van der Waals surface area contributed by atoms with Gasteiger partial charge in [-0.1, -0.05) is 0 Å². The fourth-order valence-corrected chi connectivity index (χ4v) is 0. The van der Waals surface area contributed by atoms with E-state index in [1.807, 2.05) is 0 Å². The molecule has 0 atom stereocenters. The molecule has 0 fully saturated rings. The summed E-state index contributed by atoms with van der Waals surface area (Å²) in [5.41, 5.74) is 0. The second-order valence-electron chi connectivity index (χ2n) is 0.557. The van der Waals surface area contributed by atoms with E-state index in [0.717, 1.165) is 0 Å². The highest BCUT2D eigenvalue weighted by molar-refractivity contribution is 3.84. The predicted octanol–water partition coefficient (Wildman–Crippen LogP) is -1.03. The van der Waals surface area contributed by atoms with Crippen molar-refractivity contribution in [3.05, 3.63) is 25.1 Å². The van der Waals surface area contributed by atoms with Crippen molar-refractivity contribution in [2.45, 2.75) is 0 Å². The van der Waals surface area contributed by atoms with Gasteiger partial charge in [-0.3, -0.25) is 0 Å². The van der Waals surface area contributed by atoms with Gasteiger partial charge in [0.25, 0.3) is 10.2 Å². The second kappa shape index (κ2) is 23.3. The standard InChI is InChI=1S/2HNO3.HNO2.N/c2*2-1(3)4;2-1-3;/h2*(H,2,3,4);(H,2,3);. The molecular weight excluding hydrogens is 184 g/mol. The molecule has 0 aliphatic carbocycles. The van der Waals surface area contributed by atoms with Crippen molar-refractivity contribution in [3.8, 4) is 0 Å². The van der Waals surface area contributed by atoms with Crippen molar-refractivity contribution < 1.29 is 25.8 Å². The summed E-state index contributed by atoms with van der Waals surface area (Å²) in [6.45, 7) is 0. The van der Waals surface area contributed by atoms with E-state index in [1.54, 1.807) is 0 Å². The average molecular weight is 187 g/mol. The monoisotopic (exact) mass is 187 g/mol. The van der Waals surface area contributed by atoms with Crippen LogP contribution in [0.1, 0.15) is 0 Å². The lowest BCUT2D eigenvalue weighted by molar-refractivity contribution is -0.742. The first-order valence-corrected chi connectivity index (χ1v) is 1.51. The molecule has 0 aromatic rings. The quantitative estimate of drug-likeness (QED) is 0.241. The lowest BCUT2D eigenvalue weighted by Gasteiger charge is -1.56. The van der Waals surface area contributed by atoms with E-state index in [-0.39, 0.29) is 6.15 Å². The second-order valence-corrected chi connectivity index (χ2v) is 0.557. The topological polar surface area (TPSA) is 207 Å². The van der Waals surface area contributed by atoms with Crippen LogP contribution in [0, 0.1) is 25.1 Å². The first kappa shape index (κ1) is 22.6. The normalized spacial score (nSPS) is 5.00. The van der Waals surface area contributed by atoms with Crippen LogP contribution in [0.25, 0.3) is 0 Å². The van der Waals surface area contributed by atoms with Crippen molar-refractivity contribution in [2.24, 2.45) is 5.34 Å². The molecule has 0 heterocycles. The summed E-state index contributed by atoms with van der Waals surface area (Å²) in [4.78, 5) is 24.8. The Morgan fingerprint density at radius 2 is 1.08 bits per heavy atom. The Morgan fingerprint density at radius 1 is 1.08 bits per heavy atom. The molecule has 3 N–H and O–H groups in total. The van der Waals surface area contributed by atoms with Crippen LogP contribution < -0.4 is 6.15 Å². The number of hydrogen-bond donors (Lipinski definition) is 3. The Bertz CT molecular complexity index is 98.2. The van der Waals surface area contributed by atoms with Gasteiger partial charge in [-0.05, 0) is 0 Å². The van der Waals surface area contributed by atoms with Gasteiger partial charge in [0.1, 0.15) is 0 Å². The van der Waals surface area contributed by atoms with Crippen molar-refractivity contribution in [1.82, 2.24) is 6.15 Å². The summed E-state index contributed by atoms with van der Waals surface area (Å²) < 4.78 is 0. The molecule has 0 rings (SSSR count). The highest BCUT2D eigenvalue weighted by Gasteiger charge is 1.65. The molecule has 3 radical (unpaired) electrons. The molecule has 0 bridgehead atoms. The lowest BCUT2D eigenvalue weighted by atomic mass is 13.1. The zero-order valence-electron chi connectivity index (χ0n) is 5.17. The molecule has 12 nitrogen and oxygen atoms in total. The van der Waals surface area contributed by atoms with Crippen LogP contribution in [-0.4, -0.2) is 25.8 Å². The molecular formula is H3N4O8. The Labute approximate surface area is 63.8 Å². The van der Waals surface area contributed by atoms with Crippen molar-refractivity contribution in [3.63, 3.8) is 0 Å². The Hall–Kier alpha value is -2.24. The summed E-state index contributed by atoms with van der Waals surface area (Å²) in [6.07, 6.45) is 0. The van der Waals surface area contributed by atoms with E-state index in [2.05, 4.69) is 0 Å². The molecule has 0 saturated heterocycles. The molecule has 0 aromatic heterocycles. The molecule has 0 unspecified atom stereocenters. The summed E-state index contributed by atoms with van der Waals surface area (Å²) in [5.74, 6) is 0. The average Bonchev–Trinajstić information content (AvgIpc) is 1.60. The van der Waals surface area contributed by atoms with Crippen molar-refractivity contribution >= 4 is 0 Å². The highest BCUT2D eigenvalue weighted by atomic mass is 16.9. The molecule has 12 heteroatoms. The van der Waals surface area contributed by atoms with Gasteiger partial charge >= 0.3 is 0 Å². The van der Waals surface area contributed by atoms with E-state index in [0.29, 0.717) is 0 Å². The maximum absolute atomic E-state index is 8.36. The molecule has 0 amide bonds. The van der Waals surface area contributed by atoms with Crippen LogP contribution in [0.4, 0.5) is 0 Å². The van der Waals surface area contributed by atoms with Gasteiger partial charge in [-0.2, -0.15) is 0 Å². The predicted molar refractivity (Wildman–Crippen MR) is 27.3 cm³/mol. The number of nitrogens with zero attached hydrogens (tertiary/aromatic N) is 4. The van der Waals surface area contributed by atoms with E-state index in [9.17, 15) is 0 Å². The third kappa shape index (κ3) is 70.7. The van der Waals surface area contributed by atoms with Gasteiger partial charge in [0.2, 0.25) is 0 Å². The van der Waals surface area contributed by atoms with Crippen LogP contribution in [-0.2, 0) is 0 Å². The molecule has 0 aliphatic rings. The summed E-state index contributed by atoms with van der Waals surface area (Å²) in [5, 5.41) is 35.2. The Balaban J connectivity index is -0.0000000389.